The predicted octanol–water partition coefficient (Wildman–Crippen LogP) is 3.85. The molecule has 0 aromatic carbocycles. The van der Waals surface area contributed by atoms with Gasteiger partial charge in [-0.2, -0.15) is 0 Å². The Bertz CT molecular complexity index is 510. The number of aliphatic hydroxyl groups is 1. The summed E-state index contributed by atoms with van der Waals surface area (Å²) in [6.45, 7) is 12.6. The molecule has 106 valence electrons. The van der Waals surface area contributed by atoms with Crippen molar-refractivity contribution in [1.82, 2.24) is 4.57 Å². The van der Waals surface area contributed by atoms with Gasteiger partial charge >= 0.3 is 0 Å². The van der Waals surface area contributed by atoms with Crippen molar-refractivity contribution in [2.24, 2.45) is 16.7 Å². The van der Waals surface area contributed by atoms with Gasteiger partial charge in [-0.05, 0) is 49.0 Å². The minimum Gasteiger partial charge on any atom is -0.388 e. The van der Waals surface area contributed by atoms with Crippen LogP contribution in [0.25, 0.3) is 0 Å². The molecule has 2 heteroatoms. The molecule has 1 aromatic rings. The summed E-state index contributed by atoms with van der Waals surface area (Å²) in [4.78, 5) is 0. The van der Waals surface area contributed by atoms with Gasteiger partial charge in [-0.3, -0.25) is 0 Å². The number of aryl methyl sites for hydroxylation is 1. The van der Waals surface area contributed by atoms with Gasteiger partial charge in [0, 0.05) is 23.5 Å². The molecule has 1 heterocycles. The molecule has 0 amide bonds. The molecule has 1 N–H and O–H groups in total. The summed E-state index contributed by atoms with van der Waals surface area (Å²) >= 11 is 0. The Morgan fingerprint density at radius 3 is 2.47 bits per heavy atom. The van der Waals surface area contributed by atoms with Gasteiger partial charge in [-0.15, -0.1) is 0 Å². The molecule has 19 heavy (non-hydrogen) atoms. The van der Waals surface area contributed by atoms with Crippen molar-refractivity contribution < 1.29 is 5.11 Å². The van der Waals surface area contributed by atoms with Crippen LogP contribution in [0.5, 0.6) is 0 Å². The molecule has 1 fully saturated rings. The molecule has 0 aliphatic heterocycles. The number of aromatic nitrogens is 1. The Morgan fingerprint density at radius 1 is 1.26 bits per heavy atom. The third kappa shape index (κ3) is 2.24. The molecule has 2 unspecified atom stereocenters. The first-order valence-corrected chi connectivity index (χ1v) is 7.57. The number of nitrogens with zero attached hydrogens (tertiary/aromatic N) is 1. The van der Waals surface area contributed by atoms with E-state index in [0.29, 0.717) is 5.41 Å². The zero-order valence-electron chi connectivity index (χ0n) is 13.0. The number of hydrogen-bond acceptors (Lipinski definition) is 1. The van der Waals surface area contributed by atoms with Crippen LogP contribution in [-0.4, -0.2) is 9.67 Å². The standard InChI is InChI=1S/C17H27NO/c1-11-6-13-14(8-16(2,3)9-15(13)19)18(11)10-12-7-17(12,4)5/h6,12,15,19H,7-10H2,1-5H3. The van der Waals surface area contributed by atoms with Crippen LogP contribution >= 0.6 is 0 Å². The lowest BCUT2D eigenvalue weighted by Gasteiger charge is -2.34. The van der Waals surface area contributed by atoms with Crippen LogP contribution in [0.4, 0.5) is 0 Å². The Balaban J connectivity index is 1.93. The first-order valence-electron chi connectivity index (χ1n) is 7.57. The first-order chi connectivity index (χ1) is 8.70. The van der Waals surface area contributed by atoms with E-state index in [4.69, 9.17) is 0 Å². The molecule has 2 aliphatic carbocycles. The molecule has 1 saturated carbocycles. The maximum Gasteiger partial charge on any atom is 0.0812 e. The zero-order valence-corrected chi connectivity index (χ0v) is 13.0. The van der Waals surface area contributed by atoms with Gasteiger partial charge in [-0.1, -0.05) is 27.7 Å². The molecule has 0 radical (unpaired) electrons. The van der Waals surface area contributed by atoms with Gasteiger partial charge in [0.2, 0.25) is 0 Å². The summed E-state index contributed by atoms with van der Waals surface area (Å²) in [5, 5.41) is 10.4. The molecule has 0 spiro atoms. The van der Waals surface area contributed by atoms with E-state index in [9.17, 15) is 5.11 Å². The molecule has 1 aromatic heterocycles. The summed E-state index contributed by atoms with van der Waals surface area (Å²) in [6, 6.07) is 2.21. The van der Waals surface area contributed by atoms with Gasteiger partial charge in [0.15, 0.2) is 0 Å². The third-order valence-electron chi connectivity index (χ3n) is 5.32. The molecular formula is C17H27NO. The average molecular weight is 261 g/mol. The smallest absolute Gasteiger partial charge is 0.0812 e. The van der Waals surface area contributed by atoms with E-state index in [1.807, 2.05) is 0 Å². The van der Waals surface area contributed by atoms with Crippen molar-refractivity contribution in [1.29, 1.82) is 0 Å². The maximum absolute atomic E-state index is 10.4. The summed E-state index contributed by atoms with van der Waals surface area (Å²) in [7, 11) is 0. The predicted molar refractivity (Wildman–Crippen MR) is 78.1 cm³/mol. The number of aliphatic hydroxyl groups excluding tert-OH is 1. The minimum absolute atomic E-state index is 0.216. The van der Waals surface area contributed by atoms with Crippen molar-refractivity contribution in [3.8, 4) is 0 Å². The van der Waals surface area contributed by atoms with Gasteiger partial charge < -0.3 is 9.67 Å². The van der Waals surface area contributed by atoms with E-state index < -0.39 is 0 Å². The highest BCUT2D eigenvalue weighted by Crippen LogP contribution is 2.53. The second kappa shape index (κ2) is 3.88. The van der Waals surface area contributed by atoms with Crippen molar-refractivity contribution in [3.63, 3.8) is 0 Å². The van der Waals surface area contributed by atoms with Gasteiger partial charge in [0.25, 0.3) is 0 Å². The number of hydrogen-bond donors (Lipinski definition) is 1. The Kier molecular flexibility index (Phi) is 2.70. The van der Waals surface area contributed by atoms with E-state index in [1.54, 1.807) is 0 Å². The topological polar surface area (TPSA) is 25.2 Å². The molecule has 2 atom stereocenters. The second-order valence-electron chi connectivity index (χ2n) is 8.25. The number of fused-ring (bicyclic) bond motifs is 1. The summed E-state index contributed by atoms with van der Waals surface area (Å²) in [5.41, 5.74) is 4.64. The zero-order chi connectivity index (χ0) is 14.0. The lowest BCUT2D eigenvalue weighted by atomic mass is 9.75. The third-order valence-corrected chi connectivity index (χ3v) is 5.32. The highest BCUT2D eigenvalue weighted by molar-refractivity contribution is 5.33. The van der Waals surface area contributed by atoms with Crippen LogP contribution in [0.2, 0.25) is 0 Å². The monoisotopic (exact) mass is 261 g/mol. The minimum atomic E-state index is -0.272. The lowest BCUT2D eigenvalue weighted by Crippen LogP contribution is -2.27. The first kappa shape index (κ1) is 13.2. The summed E-state index contributed by atoms with van der Waals surface area (Å²) in [5.74, 6) is 0.810. The molecule has 0 bridgehead atoms. The van der Waals surface area contributed by atoms with Crippen LogP contribution in [0.15, 0.2) is 6.07 Å². The molecule has 2 aliphatic rings. The fourth-order valence-corrected chi connectivity index (χ4v) is 3.76. The van der Waals surface area contributed by atoms with Crippen LogP contribution in [0.3, 0.4) is 0 Å². The highest BCUT2D eigenvalue weighted by Gasteiger charge is 2.46. The van der Waals surface area contributed by atoms with E-state index in [-0.39, 0.29) is 11.5 Å². The molecular weight excluding hydrogens is 234 g/mol. The van der Waals surface area contributed by atoms with Crippen LogP contribution in [-0.2, 0) is 13.0 Å². The SMILES string of the molecule is Cc1cc2c(n1CC1CC1(C)C)CC(C)(C)CC2O. The Morgan fingerprint density at radius 2 is 1.89 bits per heavy atom. The fraction of sp³-hybridized carbons (Fsp3) is 0.765. The van der Waals surface area contributed by atoms with E-state index in [1.165, 1.54) is 23.4 Å². The maximum atomic E-state index is 10.4. The second-order valence-corrected chi connectivity index (χ2v) is 8.25. The molecule has 2 nitrogen and oxygen atoms in total. The van der Waals surface area contributed by atoms with Gasteiger partial charge in [-0.25, -0.2) is 0 Å². The largest absolute Gasteiger partial charge is 0.388 e. The quantitative estimate of drug-likeness (QED) is 0.859. The molecule has 3 rings (SSSR count). The lowest BCUT2D eigenvalue weighted by molar-refractivity contribution is 0.0978. The summed E-state index contributed by atoms with van der Waals surface area (Å²) < 4.78 is 2.48. The summed E-state index contributed by atoms with van der Waals surface area (Å²) in [6.07, 6.45) is 3.05. The highest BCUT2D eigenvalue weighted by atomic mass is 16.3. The van der Waals surface area contributed by atoms with Crippen molar-refractivity contribution >= 4 is 0 Å². The van der Waals surface area contributed by atoms with Gasteiger partial charge in [0.05, 0.1) is 6.10 Å². The van der Waals surface area contributed by atoms with Crippen LogP contribution < -0.4 is 0 Å². The van der Waals surface area contributed by atoms with E-state index in [2.05, 4.69) is 45.3 Å². The van der Waals surface area contributed by atoms with E-state index >= 15 is 0 Å². The van der Waals surface area contributed by atoms with E-state index in [0.717, 1.165) is 25.3 Å². The van der Waals surface area contributed by atoms with Crippen LogP contribution in [0, 0.1) is 23.7 Å². The Hall–Kier alpha value is -0.760. The Labute approximate surface area is 116 Å². The molecule has 0 saturated heterocycles. The number of rotatable bonds is 2. The average Bonchev–Trinajstić information content (AvgIpc) is 2.72. The van der Waals surface area contributed by atoms with Gasteiger partial charge in [0.1, 0.15) is 0 Å². The fourth-order valence-electron chi connectivity index (χ4n) is 3.76. The van der Waals surface area contributed by atoms with Crippen molar-refractivity contribution in [2.45, 2.75) is 66.5 Å². The van der Waals surface area contributed by atoms with Crippen molar-refractivity contribution in [3.05, 3.63) is 23.0 Å². The van der Waals surface area contributed by atoms with Crippen LogP contribution in [0.1, 0.15) is 63.6 Å². The van der Waals surface area contributed by atoms with Crippen molar-refractivity contribution in [2.75, 3.05) is 0 Å². The normalized spacial score (nSPS) is 31.1.